The second kappa shape index (κ2) is 8.76. The maximum Gasteiger partial charge on any atom is 0.318 e. The van der Waals surface area contributed by atoms with Crippen molar-refractivity contribution < 1.29 is 14.7 Å². The Balaban J connectivity index is 3.35. The molecular weight excluding hydrogens is 208 g/mol. The average Bonchev–Trinajstić information content (AvgIpc) is 2.19. The Bertz CT molecular complexity index is 258. The number of rotatable bonds is 7. The zero-order chi connectivity index (χ0) is 12.4. The molecule has 2 amide bonds. The van der Waals surface area contributed by atoms with Crippen LogP contribution in [0.2, 0.25) is 0 Å². The Kier molecular flexibility index (Phi) is 7.93. The summed E-state index contributed by atoms with van der Waals surface area (Å²) in [6, 6.07) is -0.223. The topological polar surface area (TPSA) is 78.4 Å². The Hall–Kier alpha value is -1.52. The van der Waals surface area contributed by atoms with Crippen LogP contribution in [0.5, 0.6) is 0 Å². The van der Waals surface area contributed by atoms with Gasteiger partial charge in [-0.05, 0) is 26.7 Å². The summed E-state index contributed by atoms with van der Waals surface area (Å²) >= 11 is 0. The maximum atomic E-state index is 11.1. The number of hydrogen-bond acceptors (Lipinski definition) is 2. The van der Waals surface area contributed by atoms with Gasteiger partial charge in [0.25, 0.3) is 0 Å². The van der Waals surface area contributed by atoms with Crippen LogP contribution in [0, 0.1) is 0 Å². The standard InChI is InChI=1S/C11H20N2O3/c1-9(2)8-13-11(16)12-7-5-3-4-6-10(14)15/h8H,3-7H2,1-2H3,(H,14,15)(H2,12,13,16). The van der Waals surface area contributed by atoms with Crippen molar-refractivity contribution in [3.8, 4) is 0 Å². The maximum absolute atomic E-state index is 11.1. The number of allylic oxidation sites excluding steroid dienone is 1. The minimum atomic E-state index is -0.769. The van der Waals surface area contributed by atoms with Crippen molar-refractivity contribution in [3.63, 3.8) is 0 Å². The van der Waals surface area contributed by atoms with Gasteiger partial charge in [0.2, 0.25) is 0 Å². The lowest BCUT2D eigenvalue weighted by Gasteiger charge is -2.04. The second-order valence-corrected chi connectivity index (χ2v) is 3.83. The number of carboxylic acid groups (broad SMARTS) is 1. The zero-order valence-electron chi connectivity index (χ0n) is 9.88. The molecule has 0 bridgehead atoms. The molecule has 0 aromatic rings. The molecule has 0 unspecified atom stereocenters. The van der Waals surface area contributed by atoms with Gasteiger partial charge < -0.3 is 15.7 Å². The highest BCUT2D eigenvalue weighted by Crippen LogP contribution is 1.98. The molecule has 16 heavy (non-hydrogen) atoms. The molecule has 5 nitrogen and oxygen atoms in total. The zero-order valence-corrected chi connectivity index (χ0v) is 9.88. The van der Waals surface area contributed by atoms with Crippen LogP contribution in [0.4, 0.5) is 4.79 Å². The van der Waals surface area contributed by atoms with E-state index < -0.39 is 5.97 Å². The van der Waals surface area contributed by atoms with Crippen molar-refractivity contribution in [1.29, 1.82) is 0 Å². The van der Waals surface area contributed by atoms with Crippen molar-refractivity contribution >= 4 is 12.0 Å². The van der Waals surface area contributed by atoms with E-state index in [1.165, 1.54) is 0 Å². The van der Waals surface area contributed by atoms with E-state index in [-0.39, 0.29) is 12.5 Å². The average molecular weight is 228 g/mol. The van der Waals surface area contributed by atoms with Gasteiger partial charge in [0.1, 0.15) is 0 Å². The van der Waals surface area contributed by atoms with E-state index in [1.807, 2.05) is 13.8 Å². The monoisotopic (exact) mass is 228 g/mol. The first kappa shape index (κ1) is 14.5. The van der Waals surface area contributed by atoms with E-state index in [2.05, 4.69) is 10.6 Å². The molecular formula is C11H20N2O3. The Labute approximate surface area is 95.9 Å². The largest absolute Gasteiger partial charge is 0.481 e. The van der Waals surface area contributed by atoms with Crippen LogP contribution in [0.3, 0.4) is 0 Å². The first-order valence-corrected chi connectivity index (χ1v) is 5.42. The lowest BCUT2D eigenvalue weighted by atomic mass is 10.2. The third-order valence-electron chi connectivity index (χ3n) is 1.84. The number of carbonyl (C=O) groups is 2. The minimum Gasteiger partial charge on any atom is -0.481 e. The molecule has 0 aromatic heterocycles. The van der Waals surface area contributed by atoms with E-state index in [0.717, 1.165) is 18.4 Å². The van der Waals surface area contributed by atoms with Crippen molar-refractivity contribution in [1.82, 2.24) is 10.6 Å². The third kappa shape index (κ3) is 10.6. The highest BCUT2D eigenvalue weighted by Gasteiger charge is 1.98. The van der Waals surface area contributed by atoms with Crippen molar-refractivity contribution in [2.75, 3.05) is 6.54 Å². The minimum absolute atomic E-state index is 0.198. The SMILES string of the molecule is CC(C)=CNC(=O)NCCCCCC(=O)O. The fourth-order valence-corrected chi connectivity index (χ4v) is 1.04. The van der Waals surface area contributed by atoms with Crippen LogP contribution in [0.25, 0.3) is 0 Å². The van der Waals surface area contributed by atoms with Gasteiger partial charge in [0.15, 0.2) is 0 Å². The smallest absolute Gasteiger partial charge is 0.318 e. The van der Waals surface area contributed by atoms with Gasteiger partial charge in [-0.25, -0.2) is 4.79 Å². The highest BCUT2D eigenvalue weighted by molar-refractivity contribution is 5.74. The van der Waals surface area contributed by atoms with Crippen molar-refractivity contribution in [3.05, 3.63) is 11.8 Å². The molecule has 0 aliphatic rings. The molecule has 5 heteroatoms. The molecule has 0 heterocycles. The normalized spacial score (nSPS) is 9.38. The summed E-state index contributed by atoms with van der Waals surface area (Å²) in [4.78, 5) is 21.3. The first-order chi connectivity index (χ1) is 7.52. The molecule has 0 fully saturated rings. The van der Waals surface area contributed by atoms with E-state index in [4.69, 9.17) is 5.11 Å². The van der Waals surface area contributed by atoms with Crippen LogP contribution in [-0.4, -0.2) is 23.7 Å². The summed E-state index contributed by atoms with van der Waals surface area (Å²) < 4.78 is 0. The molecule has 0 saturated heterocycles. The van der Waals surface area contributed by atoms with E-state index >= 15 is 0 Å². The van der Waals surface area contributed by atoms with Gasteiger partial charge in [-0.2, -0.15) is 0 Å². The van der Waals surface area contributed by atoms with Crippen LogP contribution in [0.15, 0.2) is 11.8 Å². The molecule has 0 saturated carbocycles. The fourth-order valence-electron chi connectivity index (χ4n) is 1.04. The van der Waals surface area contributed by atoms with Crippen molar-refractivity contribution in [2.24, 2.45) is 0 Å². The van der Waals surface area contributed by atoms with Crippen molar-refractivity contribution in [2.45, 2.75) is 39.5 Å². The second-order valence-electron chi connectivity index (χ2n) is 3.83. The van der Waals surface area contributed by atoms with Gasteiger partial charge in [-0.15, -0.1) is 0 Å². The van der Waals surface area contributed by atoms with E-state index in [9.17, 15) is 9.59 Å². The summed E-state index contributed by atoms with van der Waals surface area (Å²) in [7, 11) is 0. The lowest BCUT2D eigenvalue weighted by molar-refractivity contribution is -0.137. The molecule has 0 atom stereocenters. The molecule has 0 aliphatic heterocycles. The van der Waals surface area contributed by atoms with Gasteiger partial charge in [0, 0.05) is 19.2 Å². The number of nitrogens with one attached hydrogen (secondary N) is 2. The number of urea groups is 1. The number of amides is 2. The summed E-state index contributed by atoms with van der Waals surface area (Å²) in [5.74, 6) is -0.769. The molecule has 0 rings (SSSR count). The van der Waals surface area contributed by atoms with Crippen LogP contribution >= 0.6 is 0 Å². The number of carboxylic acids is 1. The number of hydrogen-bond donors (Lipinski definition) is 3. The summed E-state index contributed by atoms with van der Waals surface area (Å²) in [6.45, 7) is 4.36. The molecule has 0 aromatic carbocycles. The predicted octanol–water partition coefficient (Wildman–Crippen LogP) is 1.85. The van der Waals surface area contributed by atoms with Crippen LogP contribution in [0.1, 0.15) is 39.5 Å². The van der Waals surface area contributed by atoms with Gasteiger partial charge in [0.05, 0.1) is 0 Å². The summed E-state index contributed by atoms with van der Waals surface area (Å²) in [6.07, 6.45) is 4.11. The summed E-state index contributed by atoms with van der Waals surface area (Å²) in [5, 5.41) is 13.7. The third-order valence-corrected chi connectivity index (χ3v) is 1.84. The quantitative estimate of drug-likeness (QED) is 0.582. The lowest BCUT2D eigenvalue weighted by Crippen LogP contribution is -2.32. The molecule has 3 N–H and O–H groups in total. The molecule has 0 spiro atoms. The van der Waals surface area contributed by atoms with Gasteiger partial charge in [-0.1, -0.05) is 12.0 Å². The Morgan fingerprint density at radius 1 is 1.19 bits per heavy atom. The van der Waals surface area contributed by atoms with E-state index in [1.54, 1.807) is 6.20 Å². The number of unbranched alkanes of at least 4 members (excludes halogenated alkanes) is 2. The fraction of sp³-hybridized carbons (Fsp3) is 0.636. The van der Waals surface area contributed by atoms with Gasteiger partial charge >= 0.3 is 12.0 Å². The van der Waals surface area contributed by atoms with Gasteiger partial charge in [-0.3, -0.25) is 4.79 Å². The Morgan fingerprint density at radius 2 is 1.88 bits per heavy atom. The number of carbonyl (C=O) groups excluding carboxylic acids is 1. The summed E-state index contributed by atoms with van der Waals surface area (Å²) in [5.41, 5.74) is 1.02. The first-order valence-electron chi connectivity index (χ1n) is 5.42. The number of aliphatic carboxylic acids is 1. The predicted molar refractivity (Wildman–Crippen MR) is 62.1 cm³/mol. The molecule has 92 valence electrons. The van der Waals surface area contributed by atoms with Crippen LogP contribution < -0.4 is 10.6 Å². The van der Waals surface area contributed by atoms with E-state index in [0.29, 0.717) is 13.0 Å². The molecule has 0 aliphatic carbocycles. The Morgan fingerprint density at radius 3 is 2.44 bits per heavy atom. The molecule has 0 radical (unpaired) electrons. The highest BCUT2D eigenvalue weighted by atomic mass is 16.4. The van der Waals surface area contributed by atoms with Crippen LogP contribution in [-0.2, 0) is 4.79 Å².